The standard InChI is InChI=1S/C21H18ClF9N4O3/c22-12-8-11(19(23,24)25)9-34-10-13(32-14(12)34)15(36)35-5-1-2-18(35)3-6-33(7-4-18)17(37)38-16(20(26,27)28)21(29,30)31/h8-10,16H,1-7H2. The molecule has 2 saturated heterocycles. The van der Waals surface area contributed by atoms with Crippen molar-refractivity contribution in [2.75, 3.05) is 19.6 Å². The number of imidazole rings is 1. The van der Waals surface area contributed by atoms with Crippen molar-refractivity contribution in [1.82, 2.24) is 19.2 Å². The fraction of sp³-hybridized carbons (Fsp3) is 0.571. The highest BCUT2D eigenvalue weighted by Gasteiger charge is 2.60. The number of hydrogen-bond donors (Lipinski definition) is 0. The number of ether oxygens (including phenoxy) is 1. The van der Waals surface area contributed by atoms with Gasteiger partial charge in [-0.3, -0.25) is 4.79 Å². The van der Waals surface area contributed by atoms with Gasteiger partial charge >= 0.3 is 24.6 Å². The lowest BCUT2D eigenvalue weighted by molar-refractivity contribution is -0.308. The van der Waals surface area contributed by atoms with E-state index in [1.807, 2.05) is 0 Å². The Balaban J connectivity index is 1.49. The molecule has 4 rings (SSSR count). The zero-order valence-corrected chi connectivity index (χ0v) is 19.8. The van der Waals surface area contributed by atoms with Crippen LogP contribution in [0.3, 0.4) is 0 Å². The highest BCUT2D eigenvalue weighted by Crippen LogP contribution is 2.41. The monoisotopic (exact) mass is 580 g/mol. The zero-order chi connectivity index (χ0) is 28.3. The van der Waals surface area contributed by atoms with Gasteiger partial charge in [0.05, 0.1) is 10.6 Å². The second-order valence-corrected chi connectivity index (χ2v) is 9.46. The van der Waals surface area contributed by atoms with Crippen molar-refractivity contribution in [2.24, 2.45) is 0 Å². The van der Waals surface area contributed by atoms with Crippen molar-refractivity contribution in [3.05, 3.63) is 34.7 Å². The molecule has 2 aromatic heterocycles. The number of likely N-dealkylation sites (tertiary alicyclic amines) is 2. The summed E-state index contributed by atoms with van der Waals surface area (Å²) < 4.78 is 120. The molecule has 2 amide bonds. The predicted octanol–water partition coefficient (Wildman–Crippen LogP) is 5.71. The van der Waals surface area contributed by atoms with Crippen LogP contribution in [-0.2, 0) is 10.9 Å². The van der Waals surface area contributed by atoms with Crippen LogP contribution in [0, 0.1) is 0 Å². The summed E-state index contributed by atoms with van der Waals surface area (Å²) in [5.41, 5.74) is -2.22. The molecular formula is C21H18ClF9N4O3. The Hall–Kier alpha value is -2.91. The van der Waals surface area contributed by atoms with Gasteiger partial charge in [-0.25, -0.2) is 9.78 Å². The van der Waals surface area contributed by atoms with Crippen LogP contribution in [0.1, 0.15) is 41.7 Å². The third kappa shape index (κ3) is 5.31. The van der Waals surface area contributed by atoms with Crippen molar-refractivity contribution in [3.63, 3.8) is 0 Å². The number of aromatic nitrogens is 2. The first kappa shape index (κ1) is 28.1. The Morgan fingerprint density at radius 2 is 1.55 bits per heavy atom. The van der Waals surface area contributed by atoms with E-state index in [2.05, 4.69) is 9.72 Å². The first-order valence-corrected chi connectivity index (χ1v) is 11.5. The van der Waals surface area contributed by atoms with Crippen LogP contribution in [0.15, 0.2) is 18.5 Å². The number of pyridine rings is 1. The van der Waals surface area contributed by atoms with Crippen molar-refractivity contribution >= 4 is 29.2 Å². The lowest BCUT2D eigenvalue weighted by Crippen LogP contribution is -2.56. The Labute approximate surface area is 213 Å². The fourth-order valence-electron chi connectivity index (χ4n) is 4.83. The molecule has 2 aliphatic heterocycles. The molecule has 1 spiro atoms. The Morgan fingerprint density at radius 1 is 0.947 bits per heavy atom. The molecule has 7 nitrogen and oxygen atoms in total. The minimum Gasteiger partial charge on any atom is -0.426 e. The molecule has 2 aliphatic rings. The van der Waals surface area contributed by atoms with Gasteiger partial charge in [0, 0.05) is 37.6 Å². The van der Waals surface area contributed by atoms with Gasteiger partial charge in [-0.2, -0.15) is 39.5 Å². The van der Waals surface area contributed by atoms with Crippen molar-refractivity contribution in [2.45, 2.75) is 55.9 Å². The topological polar surface area (TPSA) is 67.2 Å². The lowest BCUT2D eigenvalue weighted by Gasteiger charge is -2.44. The van der Waals surface area contributed by atoms with E-state index in [9.17, 15) is 49.1 Å². The third-order valence-corrected chi connectivity index (χ3v) is 6.94. The number of amides is 2. The van der Waals surface area contributed by atoms with Crippen LogP contribution >= 0.6 is 11.6 Å². The molecule has 0 aliphatic carbocycles. The van der Waals surface area contributed by atoms with Gasteiger partial charge in [-0.15, -0.1) is 0 Å². The van der Waals surface area contributed by atoms with Gasteiger partial charge in [0.15, 0.2) is 5.65 Å². The minimum atomic E-state index is -5.85. The van der Waals surface area contributed by atoms with Crippen molar-refractivity contribution < 1.29 is 53.8 Å². The van der Waals surface area contributed by atoms with Crippen molar-refractivity contribution in [3.8, 4) is 0 Å². The maximum Gasteiger partial charge on any atom is 0.434 e. The van der Waals surface area contributed by atoms with E-state index in [1.165, 1.54) is 4.90 Å². The van der Waals surface area contributed by atoms with Gasteiger partial charge in [0.2, 0.25) is 0 Å². The smallest absolute Gasteiger partial charge is 0.426 e. The summed E-state index contributed by atoms with van der Waals surface area (Å²) in [4.78, 5) is 31.6. The average molecular weight is 581 g/mol. The molecule has 0 atom stereocenters. The molecular weight excluding hydrogens is 563 g/mol. The normalized spacial score (nSPS) is 18.6. The molecule has 0 aromatic carbocycles. The number of carbonyl (C=O) groups is 2. The van der Waals surface area contributed by atoms with Crippen molar-refractivity contribution in [1.29, 1.82) is 0 Å². The van der Waals surface area contributed by atoms with E-state index in [0.717, 1.165) is 16.8 Å². The van der Waals surface area contributed by atoms with Crippen LogP contribution in [0.2, 0.25) is 5.02 Å². The number of carbonyl (C=O) groups excluding carboxylic acids is 2. The summed E-state index contributed by atoms with van der Waals surface area (Å²) in [7, 11) is 0. The highest BCUT2D eigenvalue weighted by molar-refractivity contribution is 6.33. The van der Waals surface area contributed by atoms with E-state index in [-0.39, 0.29) is 48.8 Å². The van der Waals surface area contributed by atoms with Gasteiger partial charge in [0.25, 0.3) is 12.0 Å². The molecule has 0 saturated carbocycles. The summed E-state index contributed by atoms with van der Waals surface area (Å²) in [6.45, 7) is -0.336. The van der Waals surface area contributed by atoms with Gasteiger partial charge < -0.3 is 18.9 Å². The molecule has 2 fully saturated rings. The molecule has 0 bridgehead atoms. The van der Waals surface area contributed by atoms with Crippen LogP contribution in [0.5, 0.6) is 0 Å². The average Bonchev–Trinajstić information content (AvgIpc) is 3.40. The van der Waals surface area contributed by atoms with E-state index >= 15 is 0 Å². The molecule has 17 heteroatoms. The first-order chi connectivity index (χ1) is 17.4. The van der Waals surface area contributed by atoms with Crippen LogP contribution in [-0.4, -0.2) is 74.8 Å². The molecule has 210 valence electrons. The fourth-order valence-corrected chi connectivity index (χ4v) is 5.09. The summed E-state index contributed by atoms with van der Waals surface area (Å²) in [6, 6.07) is 0.673. The summed E-state index contributed by atoms with van der Waals surface area (Å²) in [5, 5.41) is -0.335. The number of nitrogens with zero attached hydrogens (tertiary/aromatic N) is 4. The largest absolute Gasteiger partial charge is 0.434 e. The van der Waals surface area contributed by atoms with Crippen LogP contribution < -0.4 is 0 Å². The summed E-state index contributed by atoms with van der Waals surface area (Å²) in [5.74, 6) is -0.638. The molecule has 0 N–H and O–H groups in total. The molecule has 2 aromatic rings. The number of halogens is 10. The molecule has 4 heterocycles. The third-order valence-electron chi connectivity index (χ3n) is 6.66. The summed E-state index contributed by atoms with van der Waals surface area (Å²) >= 11 is 5.93. The Morgan fingerprint density at radius 3 is 2.11 bits per heavy atom. The Kier molecular flexibility index (Phi) is 6.94. The molecule has 0 unspecified atom stereocenters. The van der Waals surface area contributed by atoms with Gasteiger partial charge in [-0.1, -0.05) is 11.6 Å². The number of fused-ring (bicyclic) bond motifs is 1. The van der Waals surface area contributed by atoms with Crippen LogP contribution in [0.4, 0.5) is 44.3 Å². The summed E-state index contributed by atoms with van der Waals surface area (Å²) in [6.07, 6.45) is -19.6. The first-order valence-electron chi connectivity index (χ1n) is 11.1. The maximum atomic E-state index is 13.3. The SMILES string of the molecule is O=C(OC(C(F)(F)F)C(F)(F)F)N1CCC2(CCCN2C(=O)c2cn3cc(C(F)(F)F)cc(Cl)c3n2)CC1. The number of alkyl halides is 9. The van der Waals surface area contributed by atoms with E-state index in [1.54, 1.807) is 0 Å². The van der Waals surface area contributed by atoms with Gasteiger partial charge in [0.1, 0.15) is 5.69 Å². The number of rotatable bonds is 2. The Bertz CT molecular complexity index is 1220. The van der Waals surface area contributed by atoms with Crippen LogP contribution in [0.25, 0.3) is 5.65 Å². The lowest BCUT2D eigenvalue weighted by atomic mass is 9.85. The highest BCUT2D eigenvalue weighted by atomic mass is 35.5. The van der Waals surface area contributed by atoms with Gasteiger partial charge in [-0.05, 0) is 31.7 Å². The van der Waals surface area contributed by atoms with E-state index in [4.69, 9.17) is 11.6 Å². The molecule has 0 radical (unpaired) electrons. The number of piperidine rings is 1. The predicted molar refractivity (Wildman–Crippen MR) is 111 cm³/mol. The van der Waals surface area contributed by atoms with E-state index < -0.39 is 47.7 Å². The second kappa shape index (κ2) is 9.38. The molecule has 38 heavy (non-hydrogen) atoms. The quantitative estimate of drug-likeness (QED) is 0.427. The zero-order valence-electron chi connectivity index (χ0n) is 19.1. The minimum absolute atomic E-state index is 0.0306. The van der Waals surface area contributed by atoms with E-state index in [0.29, 0.717) is 23.8 Å². The number of hydrogen-bond acceptors (Lipinski definition) is 4. The second-order valence-electron chi connectivity index (χ2n) is 9.05. The maximum absolute atomic E-state index is 13.3.